The van der Waals surface area contributed by atoms with Gasteiger partial charge in [-0.1, -0.05) is 47.5 Å². The summed E-state index contributed by atoms with van der Waals surface area (Å²) in [5, 5.41) is 39.3. The van der Waals surface area contributed by atoms with Crippen molar-refractivity contribution in [2.45, 2.75) is 0 Å². The van der Waals surface area contributed by atoms with Crippen LogP contribution in [-0.4, -0.2) is 49.4 Å². The monoisotopic (exact) mass is 665 g/mol. The average Bonchev–Trinajstić information content (AvgIpc) is 2.99. The SMILES string of the molecule is COc1ccc(/C=N/N=C(\[O-])c2ccc(Cl)cc2)cc1.COc1ccc(/C=N/N=C(\[O-])c2ccc(Cl)cc2)cc1.O.O.[Mn+2]. The minimum absolute atomic E-state index is 0. The Hall–Kier alpha value is -4.22. The second-order valence-corrected chi connectivity index (χ2v) is 8.73. The Labute approximate surface area is 269 Å². The molecule has 10 nitrogen and oxygen atoms in total. The van der Waals surface area contributed by atoms with Crippen LogP contribution in [0.2, 0.25) is 10.0 Å². The van der Waals surface area contributed by atoms with Crippen molar-refractivity contribution in [1.29, 1.82) is 0 Å². The third-order valence-electron chi connectivity index (χ3n) is 5.12. The average molecular weight is 666 g/mol. The van der Waals surface area contributed by atoms with Crippen molar-refractivity contribution in [1.82, 2.24) is 0 Å². The summed E-state index contributed by atoms with van der Waals surface area (Å²) in [6, 6.07) is 27.5. The smallest absolute Gasteiger partial charge is 0.857 e. The zero-order valence-corrected chi connectivity index (χ0v) is 25.6. The van der Waals surface area contributed by atoms with Gasteiger partial charge in [-0.3, -0.25) is 0 Å². The first-order valence-electron chi connectivity index (χ1n) is 11.7. The van der Waals surface area contributed by atoms with Gasteiger partial charge in [0.05, 0.1) is 26.6 Å². The van der Waals surface area contributed by atoms with Gasteiger partial charge in [-0.05, 0) is 95.1 Å². The molecule has 0 fully saturated rings. The van der Waals surface area contributed by atoms with E-state index in [1.54, 1.807) is 62.8 Å². The molecule has 0 aliphatic carbocycles. The summed E-state index contributed by atoms with van der Waals surface area (Å²) >= 11 is 11.5. The minimum atomic E-state index is -0.411. The summed E-state index contributed by atoms with van der Waals surface area (Å²) in [6.07, 6.45) is 3.01. The van der Waals surface area contributed by atoms with Crippen molar-refractivity contribution in [2.24, 2.45) is 20.4 Å². The van der Waals surface area contributed by atoms with Crippen molar-refractivity contribution in [2.75, 3.05) is 14.2 Å². The summed E-state index contributed by atoms with van der Waals surface area (Å²) in [7, 11) is 3.20. The van der Waals surface area contributed by atoms with Crippen LogP contribution in [-0.2, 0) is 17.1 Å². The molecule has 225 valence electrons. The molecule has 0 atom stereocenters. The molecule has 0 heterocycles. The molecule has 0 saturated heterocycles. The molecule has 13 heteroatoms. The predicted molar refractivity (Wildman–Crippen MR) is 164 cm³/mol. The molecule has 4 N–H and O–H groups in total. The normalized spacial score (nSPS) is 11.0. The molecule has 0 aromatic heterocycles. The molecule has 0 unspecified atom stereocenters. The summed E-state index contributed by atoms with van der Waals surface area (Å²) in [5.41, 5.74) is 2.56. The van der Waals surface area contributed by atoms with E-state index in [2.05, 4.69) is 20.4 Å². The number of halogens is 2. The van der Waals surface area contributed by atoms with E-state index in [4.69, 9.17) is 32.7 Å². The first-order valence-corrected chi connectivity index (χ1v) is 12.5. The van der Waals surface area contributed by atoms with Gasteiger partial charge in [-0.15, -0.1) is 0 Å². The standard InChI is InChI=1S/2C15H13ClN2O2.Mn.2H2O/c2*1-20-14-8-2-11(3-9-14)10-17-18-15(19)12-4-6-13(16)7-5-12;;;/h2*2-10H,1H3,(H,18,19);;2*1H2/q;;+2;;/p-2/b2*17-10+;;;. The van der Waals surface area contributed by atoms with Gasteiger partial charge in [0.1, 0.15) is 11.5 Å². The van der Waals surface area contributed by atoms with Crippen LogP contribution in [0.3, 0.4) is 0 Å². The Bertz CT molecular complexity index is 1370. The maximum absolute atomic E-state index is 11.7. The topological polar surface area (TPSA) is 177 Å². The number of methoxy groups -OCH3 is 2. The Balaban J connectivity index is 0.000000767. The largest absolute Gasteiger partial charge is 2.00 e. The van der Waals surface area contributed by atoms with Crippen molar-refractivity contribution >= 4 is 47.4 Å². The predicted octanol–water partition coefficient (Wildman–Crippen LogP) is 3.33. The molecule has 0 aliphatic heterocycles. The van der Waals surface area contributed by atoms with Gasteiger partial charge >= 0.3 is 17.1 Å². The van der Waals surface area contributed by atoms with E-state index in [9.17, 15) is 10.2 Å². The first-order chi connectivity index (χ1) is 19.4. The molecule has 4 rings (SSSR count). The Morgan fingerprint density at radius 2 is 0.860 bits per heavy atom. The van der Waals surface area contributed by atoms with E-state index < -0.39 is 11.8 Å². The Morgan fingerprint density at radius 1 is 0.558 bits per heavy atom. The van der Waals surface area contributed by atoms with Crippen LogP contribution in [0.4, 0.5) is 0 Å². The molecular formula is C30H28Cl2MnN4O6. The quantitative estimate of drug-likeness (QED) is 0.121. The number of ether oxygens (including phenoxy) is 2. The van der Waals surface area contributed by atoms with E-state index in [0.717, 1.165) is 22.6 Å². The van der Waals surface area contributed by atoms with Gasteiger partial charge in [0.25, 0.3) is 0 Å². The third kappa shape index (κ3) is 13.5. The molecule has 0 bridgehead atoms. The molecule has 0 aliphatic rings. The van der Waals surface area contributed by atoms with E-state index in [1.165, 1.54) is 12.4 Å². The van der Waals surface area contributed by atoms with Crippen LogP contribution in [0.5, 0.6) is 11.5 Å². The van der Waals surface area contributed by atoms with Crippen LogP contribution in [0.15, 0.2) is 117 Å². The Kier molecular flexibility index (Phi) is 18.6. The number of hydrogen-bond donors (Lipinski definition) is 0. The third-order valence-corrected chi connectivity index (χ3v) is 5.63. The summed E-state index contributed by atoms with van der Waals surface area (Å²) in [4.78, 5) is 0. The zero-order chi connectivity index (χ0) is 28.7. The second-order valence-electron chi connectivity index (χ2n) is 7.86. The van der Waals surface area contributed by atoms with Crippen molar-refractivity contribution < 1.29 is 47.7 Å². The van der Waals surface area contributed by atoms with Gasteiger partial charge in [-0.2, -0.15) is 20.4 Å². The molecule has 1 radical (unpaired) electrons. The van der Waals surface area contributed by atoms with Crippen LogP contribution >= 0.6 is 23.2 Å². The van der Waals surface area contributed by atoms with Gasteiger partial charge in [0.15, 0.2) is 0 Å². The fraction of sp³-hybridized carbons (Fsp3) is 0.0667. The van der Waals surface area contributed by atoms with Gasteiger partial charge in [0, 0.05) is 21.8 Å². The number of benzene rings is 4. The molecule has 0 spiro atoms. The van der Waals surface area contributed by atoms with Crippen LogP contribution in [0.1, 0.15) is 22.3 Å². The summed E-state index contributed by atoms with van der Waals surface area (Å²) in [6.45, 7) is 0. The molecule has 4 aromatic carbocycles. The summed E-state index contributed by atoms with van der Waals surface area (Å²) in [5.74, 6) is 0.700. The van der Waals surface area contributed by atoms with E-state index >= 15 is 0 Å². The van der Waals surface area contributed by atoms with E-state index in [1.807, 2.05) is 48.5 Å². The van der Waals surface area contributed by atoms with E-state index in [-0.39, 0.29) is 28.0 Å². The van der Waals surface area contributed by atoms with Gasteiger partial charge in [0.2, 0.25) is 0 Å². The molecule has 0 saturated carbocycles. The number of rotatable bonds is 8. The molecule has 43 heavy (non-hydrogen) atoms. The van der Waals surface area contributed by atoms with Crippen molar-refractivity contribution in [3.8, 4) is 11.5 Å². The van der Waals surface area contributed by atoms with Crippen LogP contribution in [0, 0.1) is 0 Å². The van der Waals surface area contributed by atoms with Gasteiger partial charge < -0.3 is 30.6 Å². The fourth-order valence-electron chi connectivity index (χ4n) is 2.98. The van der Waals surface area contributed by atoms with Crippen molar-refractivity contribution in [3.63, 3.8) is 0 Å². The number of nitrogens with zero attached hydrogens (tertiary/aromatic N) is 4. The molecule has 4 aromatic rings. The first kappa shape index (κ1) is 38.8. The van der Waals surface area contributed by atoms with Gasteiger partial charge in [-0.25, -0.2) is 0 Å². The second kappa shape index (κ2) is 20.6. The van der Waals surface area contributed by atoms with Crippen molar-refractivity contribution in [3.05, 3.63) is 129 Å². The van der Waals surface area contributed by atoms with E-state index in [0.29, 0.717) is 21.2 Å². The van der Waals surface area contributed by atoms with Crippen LogP contribution < -0.4 is 19.7 Å². The maximum Gasteiger partial charge on any atom is 2.00 e. The minimum Gasteiger partial charge on any atom is -0.857 e. The fourth-order valence-corrected chi connectivity index (χ4v) is 3.23. The number of hydrogen-bond acceptors (Lipinski definition) is 8. The Morgan fingerprint density at radius 3 is 1.14 bits per heavy atom. The molecule has 0 amide bonds. The molecular weight excluding hydrogens is 638 g/mol. The zero-order valence-electron chi connectivity index (χ0n) is 22.9. The maximum atomic E-state index is 11.7. The summed E-state index contributed by atoms with van der Waals surface area (Å²) < 4.78 is 10.1. The van der Waals surface area contributed by atoms with Crippen LogP contribution in [0.25, 0.3) is 0 Å².